The van der Waals surface area contributed by atoms with E-state index in [9.17, 15) is 3.89 Å². The van der Waals surface area contributed by atoms with E-state index in [0.717, 1.165) is 18.7 Å². The molecule has 3 rings (SSSR count). The molecule has 1 heterocycles. The number of benzene rings is 2. The molecule has 0 bridgehead atoms. The number of methoxy groups -OCH3 is 1. The van der Waals surface area contributed by atoms with Crippen LogP contribution in [0.2, 0.25) is 0 Å². The highest BCUT2D eigenvalue weighted by molar-refractivity contribution is 7.94. The maximum absolute atomic E-state index is 13.0. The van der Waals surface area contributed by atoms with Crippen molar-refractivity contribution in [3.63, 3.8) is 0 Å². The minimum Gasteiger partial charge on any atom is -0.495 e. The van der Waals surface area contributed by atoms with Crippen molar-refractivity contribution >= 4 is 23.5 Å². The zero-order chi connectivity index (χ0) is 13.2. The topological polar surface area (TPSA) is 12.5 Å². The molecule has 0 aliphatic carbocycles. The van der Waals surface area contributed by atoms with Crippen LogP contribution >= 0.6 is 12.1 Å². The van der Waals surface area contributed by atoms with E-state index >= 15 is 0 Å². The summed E-state index contributed by atoms with van der Waals surface area (Å²) in [6.07, 6.45) is 1.03. The number of hydrogen-bond acceptors (Lipinski definition) is 3. The van der Waals surface area contributed by atoms with Crippen molar-refractivity contribution in [1.82, 2.24) is 0 Å². The smallest absolute Gasteiger partial charge is 0.135 e. The Bertz CT molecular complexity index is 602. The van der Waals surface area contributed by atoms with Gasteiger partial charge in [0.1, 0.15) is 5.75 Å². The Kier molecular flexibility index (Phi) is 3.34. The van der Waals surface area contributed by atoms with Gasteiger partial charge in [-0.1, -0.05) is 18.2 Å². The van der Waals surface area contributed by atoms with Crippen molar-refractivity contribution in [1.29, 1.82) is 0 Å². The average Bonchev–Trinajstić information content (AvgIpc) is 2.90. The van der Waals surface area contributed by atoms with Gasteiger partial charge in [-0.05, 0) is 36.2 Å². The predicted molar refractivity (Wildman–Crippen MR) is 77.1 cm³/mol. The molecular weight excluding hydrogens is 261 g/mol. The molecule has 4 heteroatoms. The van der Waals surface area contributed by atoms with Gasteiger partial charge < -0.3 is 9.64 Å². The first-order chi connectivity index (χ1) is 9.33. The summed E-state index contributed by atoms with van der Waals surface area (Å²) in [5.74, 6) is 0.573. The van der Waals surface area contributed by atoms with Gasteiger partial charge in [0.15, 0.2) is 0 Å². The second kappa shape index (κ2) is 5.13. The van der Waals surface area contributed by atoms with Gasteiger partial charge in [-0.2, -0.15) is 3.89 Å². The molecule has 0 saturated heterocycles. The van der Waals surface area contributed by atoms with Crippen LogP contribution in [0.25, 0.3) is 0 Å². The molecule has 0 radical (unpaired) electrons. The van der Waals surface area contributed by atoms with Crippen LogP contribution in [0.4, 0.5) is 15.3 Å². The van der Waals surface area contributed by atoms with E-state index in [2.05, 4.69) is 23.1 Å². The Morgan fingerprint density at radius 3 is 2.84 bits per heavy atom. The van der Waals surface area contributed by atoms with Crippen LogP contribution < -0.4 is 9.64 Å². The van der Waals surface area contributed by atoms with Gasteiger partial charge in [-0.3, -0.25) is 0 Å². The highest BCUT2D eigenvalue weighted by atomic mass is 32.2. The van der Waals surface area contributed by atoms with Crippen LogP contribution in [0, 0.1) is 0 Å². The van der Waals surface area contributed by atoms with E-state index in [1.165, 1.54) is 11.3 Å². The van der Waals surface area contributed by atoms with Crippen molar-refractivity contribution in [3.05, 3.63) is 48.0 Å². The number of hydrogen-bond donors (Lipinski definition) is 0. The monoisotopic (exact) mass is 275 g/mol. The van der Waals surface area contributed by atoms with Crippen LogP contribution in [0.1, 0.15) is 5.56 Å². The van der Waals surface area contributed by atoms with Crippen molar-refractivity contribution in [3.8, 4) is 5.75 Å². The molecule has 1 aliphatic rings. The van der Waals surface area contributed by atoms with E-state index < -0.39 is 0 Å². The molecule has 0 saturated carbocycles. The summed E-state index contributed by atoms with van der Waals surface area (Å²) in [7, 11) is 1.56. The lowest BCUT2D eigenvalue weighted by Gasteiger charge is -2.20. The zero-order valence-electron chi connectivity index (χ0n) is 10.6. The second-order valence-corrected chi connectivity index (χ2v) is 5.04. The summed E-state index contributed by atoms with van der Waals surface area (Å²) in [5.41, 5.74) is 3.56. The first kappa shape index (κ1) is 12.4. The first-order valence-corrected chi connectivity index (χ1v) is 6.87. The fourth-order valence-electron chi connectivity index (χ4n) is 2.50. The minimum atomic E-state index is 0.223. The number of anilines is 2. The van der Waals surface area contributed by atoms with Gasteiger partial charge in [0.2, 0.25) is 0 Å². The van der Waals surface area contributed by atoms with Crippen molar-refractivity contribution in [2.45, 2.75) is 11.3 Å². The van der Waals surface area contributed by atoms with Gasteiger partial charge in [-0.15, -0.1) is 0 Å². The van der Waals surface area contributed by atoms with Gasteiger partial charge >= 0.3 is 0 Å². The molecule has 2 aromatic carbocycles. The third-order valence-electron chi connectivity index (χ3n) is 3.43. The molecule has 0 atom stereocenters. The molecule has 2 aromatic rings. The van der Waals surface area contributed by atoms with Crippen LogP contribution in [-0.2, 0) is 6.42 Å². The summed E-state index contributed by atoms with van der Waals surface area (Å²) in [6.45, 7) is 0.933. The molecule has 2 nitrogen and oxygen atoms in total. The predicted octanol–water partition coefficient (Wildman–Crippen LogP) is 4.37. The Morgan fingerprint density at radius 2 is 2.05 bits per heavy atom. The summed E-state index contributed by atoms with van der Waals surface area (Å²) >= 11 is 0.223. The Hall–Kier alpha value is -1.68. The van der Waals surface area contributed by atoms with Crippen LogP contribution in [0.5, 0.6) is 5.75 Å². The molecule has 0 unspecified atom stereocenters. The van der Waals surface area contributed by atoms with Crippen molar-refractivity contribution in [2.75, 3.05) is 18.6 Å². The third-order valence-corrected chi connectivity index (χ3v) is 3.91. The normalized spacial score (nSPS) is 13.5. The summed E-state index contributed by atoms with van der Waals surface area (Å²) in [6, 6.07) is 14.0. The van der Waals surface area contributed by atoms with E-state index in [0.29, 0.717) is 10.6 Å². The number of nitrogens with zero attached hydrogens (tertiary/aromatic N) is 1. The summed E-state index contributed by atoms with van der Waals surface area (Å²) in [4.78, 5) is 2.73. The van der Waals surface area contributed by atoms with Crippen LogP contribution in [-0.4, -0.2) is 13.7 Å². The number of halogens is 1. The highest BCUT2D eigenvalue weighted by Crippen LogP contribution is 2.39. The number of para-hydroxylation sites is 1. The van der Waals surface area contributed by atoms with E-state index in [4.69, 9.17) is 4.74 Å². The second-order valence-electron chi connectivity index (χ2n) is 4.44. The Morgan fingerprint density at radius 1 is 1.21 bits per heavy atom. The minimum absolute atomic E-state index is 0.223. The van der Waals surface area contributed by atoms with Gasteiger partial charge in [0, 0.05) is 17.9 Å². The Labute approximate surface area is 116 Å². The molecule has 19 heavy (non-hydrogen) atoms. The van der Waals surface area contributed by atoms with Gasteiger partial charge in [0.25, 0.3) is 0 Å². The van der Waals surface area contributed by atoms with Crippen LogP contribution in [0.3, 0.4) is 0 Å². The lowest BCUT2D eigenvalue weighted by molar-refractivity contribution is 0.404. The fraction of sp³-hybridized carbons (Fsp3) is 0.200. The van der Waals surface area contributed by atoms with E-state index in [1.54, 1.807) is 7.11 Å². The zero-order valence-corrected chi connectivity index (χ0v) is 11.4. The molecule has 0 amide bonds. The quantitative estimate of drug-likeness (QED) is 0.825. The van der Waals surface area contributed by atoms with Crippen molar-refractivity contribution < 1.29 is 8.62 Å². The molecule has 98 valence electrons. The molecule has 0 N–H and O–H groups in total. The summed E-state index contributed by atoms with van der Waals surface area (Å²) < 4.78 is 18.1. The van der Waals surface area contributed by atoms with Gasteiger partial charge in [0.05, 0.1) is 24.2 Å². The SMILES string of the molecule is COc1ccc(N2CCc3ccccc32)cc1SF. The molecule has 0 aromatic heterocycles. The maximum Gasteiger partial charge on any atom is 0.135 e. The van der Waals surface area contributed by atoms with Crippen LogP contribution in [0.15, 0.2) is 47.4 Å². The van der Waals surface area contributed by atoms with E-state index in [1.807, 2.05) is 24.3 Å². The fourth-order valence-corrected chi connectivity index (χ4v) is 2.89. The third kappa shape index (κ3) is 2.16. The first-order valence-electron chi connectivity index (χ1n) is 6.15. The lowest BCUT2D eigenvalue weighted by Crippen LogP contribution is -2.13. The van der Waals surface area contributed by atoms with Gasteiger partial charge in [-0.25, -0.2) is 0 Å². The largest absolute Gasteiger partial charge is 0.495 e. The molecule has 0 fully saturated rings. The molecular formula is C15H14FNOS. The number of fused-ring (bicyclic) bond motifs is 1. The Balaban J connectivity index is 2.00. The molecule has 0 spiro atoms. The standard InChI is InChI=1S/C15H14FNOS/c1-18-14-7-6-12(10-15(14)19-16)17-9-8-11-4-2-3-5-13(11)17/h2-7,10H,8-9H2,1H3. The average molecular weight is 275 g/mol. The number of ether oxygens (including phenoxy) is 1. The maximum atomic E-state index is 13.0. The van der Waals surface area contributed by atoms with E-state index in [-0.39, 0.29) is 12.1 Å². The summed E-state index contributed by atoms with van der Waals surface area (Å²) in [5, 5.41) is 0. The lowest BCUT2D eigenvalue weighted by atomic mass is 10.2. The van der Waals surface area contributed by atoms with Crippen molar-refractivity contribution in [2.24, 2.45) is 0 Å². The molecule has 1 aliphatic heterocycles. The number of rotatable bonds is 3. The highest BCUT2D eigenvalue weighted by Gasteiger charge is 2.20.